The molecule has 0 unspecified atom stereocenters. The Morgan fingerprint density at radius 3 is 3.00 bits per heavy atom. The first-order valence-electron chi connectivity index (χ1n) is 6.39. The van der Waals surface area contributed by atoms with Gasteiger partial charge in [-0.2, -0.15) is 9.90 Å². The Morgan fingerprint density at radius 1 is 1.53 bits per heavy atom. The summed E-state index contributed by atoms with van der Waals surface area (Å²) in [6.45, 7) is 3.99. The molecule has 0 atom stereocenters. The van der Waals surface area contributed by atoms with Crippen LogP contribution in [0, 0.1) is 0 Å². The summed E-state index contributed by atoms with van der Waals surface area (Å²) < 4.78 is 0. The number of nitrogens with one attached hydrogen (secondary N) is 1. The molecule has 5 nitrogen and oxygen atoms in total. The Kier molecular flexibility index (Phi) is 4.68. The summed E-state index contributed by atoms with van der Waals surface area (Å²) in [6, 6.07) is 4.32. The van der Waals surface area contributed by atoms with Gasteiger partial charge in [0, 0.05) is 11.3 Å². The third-order valence-electron chi connectivity index (χ3n) is 2.65. The molecule has 0 bridgehead atoms. The van der Waals surface area contributed by atoms with Gasteiger partial charge in [-0.25, -0.2) is 0 Å². The van der Waals surface area contributed by atoms with E-state index in [9.17, 15) is 4.79 Å². The number of aromatic nitrogens is 3. The molecule has 2 rings (SSSR count). The third-order valence-corrected chi connectivity index (χ3v) is 3.58. The second-order valence-corrected chi connectivity index (χ2v) is 5.66. The molecule has 0 saturated carbocycles. The van der Waals surface area contributed by atoms with Crippen molar-refractivity contribution in [3.05, 3.63) is 28.6 Å². The SMILES string of the molecule is CC(C)n1ncc(NC(=O)CCCc2cccs2)n1. The molecule has 0 aliphatic rings. The van der Waals surface area contributed by atoms with Crippen LogP contribution in [-0.4, -0.2) is 20.9 Å². The van der Waals surface area contributed by atoms with Gasteiger partial charge < -0.3 is 5.32 Å². The standard InChI is InChI=1S/C13H18N4OS/c1-10(2)17-14-9-12(16-17)15-13(18)7-3-5-11-6-4-8-19-11/h4,6,8-10H,3,5,7H2,1-2H3,(H,15,16,18). The average Bonchev–Trinajstić information content (AvgIpc) is 3.00. The molecular weight excluding hydrogens is 260 g/mol. The van der Waals surface area contributed by atoms with Crippen LogP contribution < -0.4 is 5.32 Å². The van der Waals surface area contributed by atoms with Crippen LogP contribution in [0.4, 0.5) is 5.82 Å². The zero-order chi connectivity index (χ0) is 13.7. The third kappa shape index (κ3) is 4.17. The van der Waals surface area contributed by atoms with Gasteiger partial charge in [0.25, 0.3) is 0 Å². The minimum absolute atomic E-state index is 0.00707. The minimum atomic E-state index is -0.00707. The van der Waals surface area contributed by atoms with Crippen LogP contribution in [0.5, 0.6) is 0 Å². The van der Waals surface area contributed by atoms with Crippen LogP contribution >= 0.6 is 11.3 Å². The smallest absolute Gasteiger partial charge is 0.225 e. The number of amides is 1. The highest BCUT2D eigenvalue weighted by atomic mass is 32.1. The maximum atomic E-state index is 11.7. The van der Waals surface area contributed by atoms with Crippen molar-refractivity contribution in [3.8, 4) is 0 Å². The van der Waals surface area contributed by atoms with E-state index in [1.54, 1.807) is 22.3 Å². The molecule has 6 heteroatoms. The van der Waals surface area contributed by atoms with E-state index < -0.39 is 0 Å². The predicted molar refractivity (Wildman–Crippen MR) is 76.3 cm³/mol. The zero-order valence-corrected chi connectivity index (χ0v) is 12.0. The van der Waals surface area contributed by atoms with Gasteiger partial charge in [-0.05, 0) is 38.1 Å². The molecule has 1 amide bonds. The fourth-order valence-electron chi connectivity index (χ4n) is 1.67. The molecule has 102 valence electrons. The number of carbonyl (C=O) groups is 1. The van der Waals surface area contributed by atoms with Crippen molar-refractivity contribution in [1.82, 2.24) is 15.0 Å². The van der Waals surface area contributed by atoms with Gasteiger partial charge in [0.05, 0.1) is 12.2 Å². The molecule has 0 aliphatic heterocycles. The Morgan fingerprint density at radius 2 is 2.37 bits per heavy atom. The van der Waals surface area contributed by atoms with Gasteiger partial charge >= 0.3 is 0 Å². The lowest BCUT2D eigenvalue weighted by atomic mass is 10.2. The lowest BCUT2D eigenvalue weighted by Gasteiger charge is -2.02. The van der Waals surface area contributed by atoms with Crippen LogP contribution in [0.3, 0.4) is 0 Å². The molecule has 0 aromatic carbocycles. The molecule has 0 aliphatic carbocycles. The molecule has 19 heavy (non-hydrogen) atoms. The van der Waals surface area contributed by atoms with E-state index in [1.807, 2.05) is 19.9 Å². The molecule has 2 aromatic heterocycles. The maximum Gasteiger partial charge on any atom is 0.225 e. The van der Waals surface area contributed by atoms with Gasteiger partial charge in [0.15, 0.2) is 5.82 Å². The first-order chi connectivity index (χ1) is 9.15. The highest BCUT2D eigenvalue weighted by Crippen LogP contribution is 2.12. The molecule has 0 spiro atoms. The number of hydrogen-bond acceptors (Lipinski definition) is 4. The molecule has 0 radical (unpaired) electrons. The van der Waals surface area contributed by atoms with Gasteiger partial charge in [-0.3, -0.25) is 4.79 Å². The summed E-state index contributed by atoms with van der Waals surface area (Å²) in [5.41, 5.74) is 0. The number of aryl methyl sites for hydroxylation is 1. The molecule has 2 aromatic rings. The van der Waals surface area contributed by atoms with Gasteiger partial charge in [-0.15, -0.1) is 16.4 Å². The fourth-order valence-corrected chi connectivity index (χ4v) is 2.42. The van der Waals surface area contributed by atoms with Gasteiger partial charge in [0.1, 0.15) is 0 Å². The summed E-state index contributed by atoms with van der Waals surface area (Å²) in [5.74, 6) is 0.516. The van der Waals surface area contributed by atoms with Crippen LogP contribution in [0.25, 0.3) is 0 Å². The van der Waals surface area contributed by atoms with E-state index in [-0.39, 0.29) is 11.9 Å². The van der Waals surface area contributed by atoms with Gasteiger partial charge in [-0.1, -0.05) is 6.07 Å². The Hall–Kier alpha value is -1.69. The molecule has 0 fully saturated rings. The van der Waals surface area contributed by atoms with Crippen LogP contribution in [-0.2, 0) is 11.2 Å². The summed E-state index contributed by atoms with van der Waals surface area (Å²) >= 11 is 1.73. The zero-order valence-electron chi connectivity index (χ0n) is 11.2. The highest BCUT2D eigenvalue weighted by Gasteiger charge is 2.07. The van der Waals surface area contributed by atoms with E-state index in [1.165, 1.54) is 4.88 Å². The van der Waals surface area contributed by atoms with E-state index in [0.29, 0.717) is 12.2 Å². The first kappa shape index (κ1) is 13.7. The van der Waals surface area contributed by atoms with Crippen molar-refractivity contribution in [2.75, 3.05) is 5.32 Å². The molecule has 0 saturated heterocycles. The summed E-state index contributed by atoms with van der Waals surface area (Å²) in [5, 5.41) is 13.1. The quantitative estimate of drug-likeness (QED) is 0.884. The van der Waals surface area contributed by atoms with Crippen molar-refractivity contribution >= 4 is 23.1 Å². The van der Waals surface area contributed by atoms with Crippen molar-refractivity contribution in [1.29, 1.82) is 0 Å². The number of rotatable bonds is 6. The lowest BCUT2D eigenvalue weighted by Crippen LogP contribution is -2.12. The number of thiophene rings is 1. The van der Waals surface area contributed by atoms with Crippen molar-refractivity contribution < 1.29 is 4.79 Å². The number of nitrogens with zero attached hydrogens (tertiary/aromatic N) is 3. The second-order valence-electron chi connectivity index (χ2n) is 4.63. The Bertz CT molecular complexity index is 518. The minimum Gasteiger partial charge on any atom is -0.308 e. The molecule has 2 heterocycles. The topological polar surface area (TPSA) is 59.8 Å². The van der Waals surface area contributed by atoms with Crippen LogP contribution in [0.2, 0.25) is 0 Å². The highest BCUT2D eigenvalue weighted by molar-refractivity contribution is 7.09. The largest absolute Gasteiger partial charge is 0.308 e. The Balaban J connectivity index is 1.74. The molecule has 1 N–H and O–H groups in total. The van der Waals surface area contributed by atoms with E-state index in [0.717, 1.165) is 12.8 Å². The molecular formula is C13H18N4OS. The summed E-state index contributed by atoms with van der Waals surface area (Å²) in [6.07, 6.45) is 3.89. The number of hydrogen-bond donors (Lipinski definition) is 1. The predicted octanol–water partition coefficient (Wildman–Crippen LogP) is 2.88. The van der Waals surface area contributed by atoms with Crippen molar-refractivity contribution in [2.45, 2.75) is 39.2 Å². The Labute approximate surface area is 116 Å². The van der Waals surface area contributed by atoms with E-state index in [4.69, 9.17) is 0 Å². The second kappa shape index (κ2) is 6.47. The fraction of sp³-hybridized carbons (Fsp3) is 0.462. The van der Waals surface area contributed by atoms with Crippen LogP contribution in [0.15, 0.2) is 23.7 Å². The number of carbonyl (C=O) groups excluding carboxylic acids is 1. The van der Waals surface area contributed by atoms with E-state index >= 15 is 0 Å². The first-order valence-corrected chi connectivity index (χ1v) is 7.27. The lowest BCUT2D eigenvalue weighted by molar-refractivity contribution is -0.116. The average molecular weight is 278 g/mol. The summed E-state index contributed by atoms with van der Waals surface area (Å²) in [4.78, 5) is 14.6. The van der Waals surface area contributed by atoms with Gasteiger partial charge in [0.2, 0.25) is 5.91 Å². The summed E-state index contributed by atoms with van der Waals surface area (Å²) in [7, 11) is 0. The maximum absolute atomic E-state index is 11.7. The monoisotopic (exact) mass is 278 g/mol. The van der Waals surface area contributed by atoms with Crippen molar-refractivity contribution in [2.24, 2.45) is 0 Å². The van der Waals surface area contributed by atoms with Crippen LogP contribution in [0.1, 0.15) is 37.6 Å². The number of anilines is 1. The van der Waals surface area contributed by atoms with E-state index in [2.05, 4.69) is 27.0 Å². The van der Waals surface area contributed by atoms with Crippen molar-refractivity contribution in [3.63, 3.8) is 0 Å². The normalized spacial score (nSPS) is 10.9.